The second-order valence-electron chi connectivity index (χ2n) is 7.55. The summed E-state index contributed by atoms with van der Waals surface area (Å²) in [6.07, 6.45) is 1.77. The van der Waals surface area contributed by atoms with Gasteiger partial charge in [0.05, 0.1) is 18.9 Å². The first kappa shape index (κ1) is 26.1. The van der Waals surface area contributed by atoms with Crippen LogP contribution in [0, 0.1) is 17.1 Å². The number of nitrogens with zero attached hydrogens (tertiary/aromatic N) is 3. The number of aromatic nitrogens is 1. The Balaban J connectivity index is 1.56. The van der Waals surface area contributed by atoms with Crippen LogP contribution in [0.15, 0.2) is 66.9 Å². The number of urea groups is 1. The van der Waals surface area contributed by atoms with Crippen LogP contribution in [0.25, 0.3) is 0 Å². The number of benzene rings is 2. The minimum Gasteiger partial charge on any atom is -0.454 e. The predicted molar refractivity (Wildman–Crippen MR) is 137 cm³/mol. The summed E-state index contributed by atoms with van der Waals surface area (Å²) < 4.78 is 20.3. The number of anilines is 2. The highest BCUT2D eigenvalue weighted by Gasteiger charge is 2.12. The highest BCUT2D eigenvalue weighted by molar-refractivity contribution is 7.80. The quantitative estimate of drug-likeness (QED) is 0.386. The molecule has 0 fully saturated rings. The number of nitriles is 1. The molecule has 0 saturated carbocycles. The molecule has 1 aromatic heterocycles. The summed E-state index contributed by atoms with van der Waals surface area (Å²) in [6, 6.07) is 17.8. The molecular weight excluding hydrogens is 483 g/mol. The Morgan fingerprint density at radius 2 is 1.92 bits per heavy atom. The highest BCUT2D eigenvalue weighted by Crippen LogP contribution is 2.27. The van der Waals surface area contributed by atoms with Crippen molar-refractivity contribution in [3.8, 4) is 17.6 Å². The van der Waals surface area contributed by atoms with Crippen LogP contribution < -0.4 is 20.7 Å². The number of carbonyl (C=O) groups is 2. The van der Waals surface area contributed by atoms with Gasteiger partial charge in [-0.3, -0.25) is 10.1 Å². The zero-order valence-electron chi connectivity index (χ0n) is 19.3. The summed E-state index contributed by atoms with van der Waals surface area (Å²) in [5, 5.41) is 16.6. The zero-order chi connectivity index (χ0) is 25.9. The first-order valence-corrected chi connectivity index (χ1v) is 11.2. The number of halogens is 1. The van der Waals surface area contributed by atoms with Crippen molar-refractivity contribution in [3.05, 3.63) is 78.2 Å². The molecule has 0 atom stereocenters. The molecule has 3 amide bonds. The van der Waals surface area contributed by atoms with E-state index in [1.54, 1.807) is 13.1 Å². The number of carbonyl (C=O) groups excluding carboxylic acids is 2. The predicted octanol–water partition coefficient (Wildman–Crippen LogP) is 4.45. The molecule has 3 N–H and O–H groups in total. The number of pyridine rings is 1. The van der Waals surface area contributed by atoms with Crippen molar-refractivity contribution >= 4 is 40.8 Å². The van der Waals surface area contributed by atoms with E-state index in [1.165, 1.54) is 35.4 Å². The average molecular weight is 507 g/mol. The summed E-state index contributed by atoms with van der Waals surface area (Å²) in [7, 11) is 1.55. The summed E-state index contributed by atoms with van der Waals surface area (Å²) >= 11 is 5.14. The highest BCUT2D eigenvalue weighted by atomic mass is 32.1. The summed E-state index contributed by atoms with van der Waals surface area (Å²) in [4.78, 5) is 29.7. The third-order valence-electron chi connectivity index (χ3n) is 4.75. The maximum atomic E-state index is 14.7. The number of thiocarbonyl (C=S) groups is 1. The molecule has 11 heteroatoms. The smallest absolute Gasteiger partial charge is 0.322 e. The van der Waals surface area contributed by atoms with Gasteiger partial charge in [0, 0.05) is 37.6 Å². The van der Waals surface area contributed by atoms with E-state index in [0.29, 0.717) is 5.69 Å². The van der Waals surface area contributed by atoms with Gasteiger partial charge in [0.25, 0.3) is 0 Å². The van der Waals surface area contributed by atoms with Gasteiger partial charge in [-0.1, -0.05) is 30.3 Å². The van der Waals surface area contributed by atoms with E-state index >= 15 is 0 Å². The number of nitrogens with one attached hydrogen (secondary N) is 3. The minimum absolute atomic E-state index is 0.0401. The second-order valence-corrected chi connectivity index (χ2v) is 7.96. The summed E-state index contributed by atoms with van der Waals surface area (Å²) in [5.74, 6) is -0.568. The topological polar surface area (TPSA) is 119 Å². The lowest BCUT2D eigenvalue weighted by molar-refractivity contribution is -0.119. The lowest BCUT2D eigenvalue weighted by Gasteiger charge is -2.16. The maximum Gasteiger partial charge on any atom is 0.322 e. The Morgan fingerprint density at radius 3 is 2.64 bits per heavy atom. The van der Waals surface area contributed by atoms with Crippen LogP contribution in [0.1, 0.15) is 12.0 Å². The third-order valence-corrected chi connectivity index (χ3v) is 4.95. The Bertz CT molecular complexity index is 1280. The fraction of sp³-hybridized carbons (Fsp3) is 0.160. The molecule has 0 aliphatic rings. The van der Waals surface area contributed by atoms with Gasteiger partial charge in [-0.25, -0.2) is 14.2 Å². The van der Waals surface area contributed by atoms with Crippen LogP contribution in [-0.4, -0.2) is 40.5 Å². The average Bonchev–Trinajstić information content (AvgIpc) is 2.85. The van der Waals surface area contributed by atoms with Crippen molar-refractivity contribution in [2.45, 2.75) is 12.8 Å². The fourth-order valence-electron chi connectivity index (χ4n) is 2.97. The monoisotopic (exact) mass is 506 g/mol. The van der Waals surface area contributed by atoms with Gasteiger partial charge in [0.1, 0.15) is 11.6 Å². The van der Waals surface area contributed by atoms with Crippen molar-refractivity contribution in [3.63, 3.8) is 0 Å². The van der Waals surface area contributed by atoms with Crippen molar-refractivity contribution < 1.29 is 18.7 Å². The molecule has 36 heavy (non-hydrogen) atoms. The standard InChI is InChI=1S/C25H23FN6O3S/c1-32(13-5-11-27)25(34)30-22-16-19(10-12-28-22)35-21-9-8-18(15-20(21)26)29-24(36)31-23(33)14-17-6-3-2-4-7-17/h2-4,6-10,12,15-16H,5,13-14H2,1H3,(H,28,30,34)(H2,29,31,33,36). The largest absolute Gasteiger partial charge is 0.454 e. The maximum absolute atomic E-state index is 14.7. The Labute approximate surface area is 212 Å². The van der Waals surface area contributed by atoms with Gasteiger partial charge in [-0.2, -0.15) is 5.26 Å². The van der Waals surface area contributed by atoms with E-state index in [4.69, 9.17) is 22.2 Å². The minimum atomic E-state index is -0.669. The number of rotatable bonds is 8. The summed E-state index contributed by atoms with van der Waals surface area (Å²) in [5.41, 5.74) is 1.17. The molecule has 0 unspecified atom stereocenters. The van der Waals surface area contributed by atoms with Gasteiger partial charge in [0.15, 0.2) is 16.7 Å². The Kier molecular flexibility index (Phi) is 9.25. The number of amides is 3. The molecule has 0 aliphatic carbocycles. The summed E-state index contributed by atoms with van der Waals surface area (Å²) in [6.45, 7) is 0.268. The molecule has 2 aromatic carbocycles. The second kappa shape index (κ2) is 12.8. The Hall–Kier alpha value is -4.56. The number of hydrogen-bond donors (Lipinski definition) is 3. The van der Waals surface area contributed by atoms with E-state index in [2.05, 4.69) is 20.9 Å². The lowest BCUT2D eigenvalue weighted by atomic mass is 10.1. The van der Waals surface area contributed by atoms with Crippen molar-refractivity contribution in [1.82, 2.24) is 15.2 Å². The molecule has 3 rings (SSSR count). The SMILES string of the molecule is CN(CCC#N)C(=O)Nc1cc(Oc2ccc(NC(=S)NC(=O)Cc3ccccc3)cc2F)ccn1. The van der Waals surface area contributed by atoms with Crippen LogP contribution in [0.5, 0.6) is 11.5 Å². The first-order valence-electron chi connectivity index (χ1n) is 10.8. The van der Waals surface area contributed by atoms with E-state index in [9.17, 15) is 14.0 Å². The number of ether oxygens (including phenoxy) is 1. The van der Waals surface area contributed by atoms with E-state index in [-0.39, 0.29) is 47.7 Å². The molecule has 184 valence electrons. The molecule has 0 radical (unpaired) electrons. The molecule has 0 aliphatic heterocycles. The molecule has 0 bridgehead atoms. The van der Waals surface area contributed by atoms with Crippen LogP contribution in [0.2, 0.25) is 0 Å². The molecule has 3 aromatic rings. The first-order chi connectivity index (χ1) is 17.3. The van der Waals surface area contributed by atoms with Crippen LogP contribution >= 0.6 is 12.2 Å². The van der Waals surface area contributed by atoms with Crippen LogP contribution in [0.3, 0.4) is 0 Å². The van der Waals surface area contributed by atoms with E-state index in [0.717, 1.165) is 5.56 Å². The van der Waals surface area contributed by atoms with Crippen molar-refractivity contribution in [2.75, 3.05) is 24.2 Å². The normalized spacial score (nSPS) is 10.0. The van der Waals surface area contributed by atoms with Gasteiger partial charge in [-0.05, 0) is 36.0 Å². The molecule has 0 saturated heterocycles. The third kappa shape index (κ3) is 8.03. The van der Waals surface area contributed by atoms with Crippen molar-refractivity contribution in [1.29, 1.82) is 5.26 Å². The van der Waals surface area contributed by atoms with Gasteiger partial charge < -0.3 is 20.3 Å². The lowest BCUT2D eigenvalue weighted by Crippen LogP contribution is -2.35. The molecule has 9 nitrogen and oxygen atoms in total. The zero-order valence-corrected chi connectivity index (χ0v) is 20.1. The number of hydrogen-bond acceptors (Lipinski definition) is 6. The van der Waals surface area contributed by atoms with Crippen molar-refractivity contribution in [2.24, 2.45) is 0 Å². The van der Waals surface area contributed by atoms with Gasteiger partial charge >= 0.3 is 6.03 Å². The van der Waals surface area contributed by atoms with Crippen LogP contribution in [0.4, 0.5) is 20.7 Å². The molecular formula is C25H23FN6O3S. The molecule has 1 heterocycles. The van der Waals surface area contributed by atoms with E-state index in [1.807, 2.05) is 36.4 Å². The van der Waals surface area contributed by atoms with Gasteiger partial charge in [-0.15, -0.1) is 0 Å². The van der Waals surface area contributed by atoms with Gasteiger partial charge in [0.2, 0.25) is 5.91 Å². The van der Waals surface area contributed by atoms with E-state index < -0.39 is 11.8 Å². The van der Waals surface area contributed by atoms with Crippen LogP contribution in [-0.2, 0) is 11.2 Å². The Morgan fingerprint density at radius 1 is 1.14 bits per heavy atom. The molecule has 0 spiro atoms. The fourth-order valence-corrected chi connectivity index (χ4v) is 3.20.